The van der Waals surface area contributed by atoms with Crippen LogP contribution < -0.4 is 4.74 Å². The normalized spacial score (nSPS) is 12.2. The fourth-order valence-corrected chi connectivity index (χ4v) is 2.36. The third kappa shape index (κ3) is 5.44. The molecule has 0 fully saturated rings. The van der Waals surface area contributed by atoms with Crippen LogP contribution >= 0.6 is 0 Å². The zero-order valence-corrected chi connectivity index (χ0v) is 13.7. The fourth-order valence-electron chi connectivity index (χ4n) is 2.36. The van der Waals surface area contributed by atoms with Crippen molar-refractivity contribution in [3.63, 3.8) is 0 Å². The molecule has 0 atom stereocenters. The van der Waals surface area contributed by atoms with Crippen molar-refractivity contribution in [3.05, 3.63) is 65.2 Å². The Labute approximate surface area is 143 Å². The number of ether oxygens (including phenoxy) is 1. The van der Waals surface area contributed by atoms with Crippen molar-refractivity contribution in [2.75, 3.05) is 0 Å². The maximum atomic E-state index is 14.1. The van der Waals surface area contributed by atoms with E-state index in [4.69, 9.17) is 0 Å². The highest BCUT2D eigenvalue weighted by Crippen LogP contribution is 2.34. The second-order valence-corrected chi connectivity index (χ2v) is 5.80. The van der Waals surface area contributed by atoms with Gasteiger partial charge in [-0.2, -0.15) is 22.0 Å². The zero-order valence-electron chi connectivity index (χ0n) is 13.7. The molecule has 25 heavy (non-hydrogen) atoms. The Kier molecular flexibility index (Phi) is 6.03. The van der Waals surface area contributed by atoms with Crippen molar-refractivity contribution in [2.24, 2.45) is 0 Å². The van der Waals surface area contributed by atoms with Crippen LogP contribution in [0.5, 0.6) is 5.75 Å². The predicted octanol–water partition coefficient (Wildman–Crippen LogP) is 6.57. The lowest BCUT2D eigenvalue weighted by Gasteiger charge is -2.19. The minimum absolute atomic E-state index is 0.0378. The molecule has 0 aromatic heterocycles. The van der Waals surface area contributed by atoms with Crippen LogP contribution in [0.4, 0.5) is 22.0 Å². The third-order valence-electron chi connectivity index (χ3n) is 3.79. The highest BCUT2D eigenvalue weighted by atomic mass is 19.4. The first-order chi connectivity index (χ1) is 11.7. The van der Waals surface area contributed by atoms with Gasteiger partial charge in [0.1, 0.15) is 5.75 Å². The predicted molar refractivity (Wildman–Crippen MR) is 85.6 cm³/mol. The van der Waals surface area contributed by atoms with Gasteiger partial charge in [0.25, 0.3) is 0 Å². The Morgan fingerprint density at radius 2 is 1.32 bits per heavy atom. The van der Waals surface area contributed by atoms with E-state index in [0.717, 1.165) is 43.4 Å². The van der Waals surface area contributed by atoms with E-state index in [1.807, 2.05) is 0 Å². The molecule has 0 N–H and O–H groups in total. The number of hydrogen-bond donors (Lipinski definition) is 0. The van der Waals surface area contributed by atoms with Gasteiger partial charge in [0.05, 0.1) is 11.1 Å². The van der Waals surface area contributed by atoms with Gasteiger partial charge in [-0.1, -0.05) is 31.9 Å². The second kappa shape index (κ2) is 7.85. The van der Waals surface area contributed by atoms with Crippen LogP contribution in [0.1, 0.15) is 42.9 Å². The van der Waals surface area contributed by atoms with E-state index in [1.54, 1.807) is 12.1 Å². The quantitative estimate of drug-likeness (QED) is 0.402. The minimum Gasteiger partial charge on any atom is -0.429 e. The Morgan fingerprint density at radius 1 is 0.760 bits per heavy atom. The Hall–Kier alpha value is -2.11. The van der Waals surface area contributed by atoms with Crippen LogP contribution in [0, 0.1) is 0 Å². The van der Waals surface area contributed by atoms with E-state index >= 15 is 0 Å². The molecule has 2 rings (SSSR count). The van der Waals surface area contributed by atoms with Gasteiger partial charge in [-0.15, -0.1) is 0 Å². The highest BCUT2D eigenvalue weighted by Gasteiger charge is 2.36. The number of alkyl halides is 5. The van der Waals surface area contributed by atoms with Crippen molar-refractivity contribution >= 4 is 0 Å². The third-order valence-corrected chi connectivity index (χ3v) is 3.79. The molecule has 136 valence electrons. The van der Waals surface area contributed by atoms with Crippen molar-refractivity contribution in [1.29, 1.82) is 0 Å². The summed E-state index contributed by atoms with van der Waals surface area (Å²) in [6, 6.07) is 9.00. The summed E-state index contributed by atoms with van der Waals surface area (Å²) >= 11 is 0. The summed E-state index contributed by atoms with van der Waals surface area (Å²) in [7, 11) is 0. The highest BCUT2D eigenvalue weighted by molar-refractivity contribution is 5.30. The number of unbranched alkanes of at least 4 members (excludes halogenated alkanes) is 2. The van der Waals surface area contributed by atoms with Gasteiger partial charge in [-0.25, -0.2) is 0 Å². The van der Waals surface area contributed by atoms with Crippen molar-refractivity contribution in [3.8, 4) is 5.75 Å². The van der Waals surface area contributed by atoms with Gasteiger partial charge in [0.15, 0.2) is 0 Å². The van der Waals surface area contributed by atoms with E-state index in [-0.39, 0.29) is 5.75 Å². The van der Waals surface area contributed by atoms with E-state index in [1.165, 1.54) is 12.1 Å². The van der Waals surface area contributed by atoms with E-state index in [2.05, 4.69) is 11.7 Å². The largest absolute Gasteiger partial charge is 0.429 e. The molecule has 0 saturated heterocycles. The molecule has 0 saturated carbocycles. The van der Waals surface area contributed by atoms with Crippen LogP contribution in [0.15, 0.2) is 48.5 Å². The molecule has 0 spiro atoms. The van der Waals surface area contributed by atoms with Crippen LogP contribution in [0.25, 0.3) is 0 Å². The fraction of sp³-hybridized carbons (Fsp3) is 0.368. The van der Waals surface area contributed by atoms with Gasteiger partial charge in [0.2, 0.25) is 0 Å². The topological polar surface area (TPSA) is 9.23 Å². The first kappa shape index (κ1) is 19.2. The lowest BCUT2D eigenvalue weighted by Crippen LogP contribution is -2.22. The number of rotatable bonds is 7. The molecule has 0 aliphatic carbocycles. The molecule has 0 amide bonds. The first-order valence-corrected chi connectivity index (χ1v) is 8.06. The van der Waals surface area contributed by atoms with E-state index in [0.29, 0.717) is 12.1 Å². The van der Waals surface area contributed by atoms with E-state index < -0.39 is 23.4 Å². The van der Waals surface area contributed by atoms with Gasteiger partial charge < -0.3 is 4.74 Å². The SMILES string of the molecule is CCCCCc1ccc(OC(F)(F)c2ccc(C(F)(F)F)cc2)cc1. The minimum atomic E-state index is -4.57. The molecule has 0 radical (unpaired) electrons. The number of aryl methyl sites for hydroxylation is 1. The van der Waals surface area contributed by atoms with Gasteiger partial charge in [-0.05, 0) is 54.8 Å². The van der Waals surface area contributed by atoms with Crippen LogP contribution in [-0.4, -0.2) is 0 Å². The average molecular weight is 358 g/mol. The molecule has 0 aliphatic rings. The summed E-state index contributed by atoms with van der Waals surface area (Å²) in [5.41, 5.74) is -0.588. The van der Waals surface area contributed by atoms with Crippen LogP contribution in [0.2, 0.25) is 0 Å². The van der Waals surface area contributed by atoms with E-state index in [9.17, 15) is 22.0 Å². The molecule has 2 aromatic rings. The number of hydrogen-bond acceptors (Lipinski definition) is 1. The molecule has 6 heteroatoms. The Bertz CT molecular complexity index is 660. The monoisotopic (exact) mass is 358 g/mol. The zero-order chi connectivity index (χ0) is 18.5. The summed E-state index contributed by atoms with van der Waals surface area (Å²) in [5, 5.41) is 0. The molecule has 0 aliphatic heterocycles. The van der Waals surface area contributed by atoms with Crippen molar-refractivity contribution in [2.45, 2.75) is 44.9 Å². The Morgan fingerprint density at radius 3 is 1.84 bits per heavy atom. The molecular formula is C19H19F5O. The molecule has 0 heterocycles. The number of halogens is 5. The molecule has 2 aromatic carbocycles. The summed E-state index contributed by atoms with van der Waals surface area (Å²) in [6.45, 7) is 2.10. The smallest absolute Gasteiger partial charge is 0.426 e. The maximum absolute atomic E-state index is 14.1. The maximum Gasteiger partial charge on any atom is 0.426 e. The number of benzene rings is 2. The van der Waals surface area contributed by atoms with Crippen LogP contribution in [-0.2, 0) is 18.7 Å². The average Bonchev–Trinajstić information content (AvgIpc) is 2.56. The lowest BCUT2D eigenvalue weighted by atomic mass is 10.1. The lowest BCUT2D eigenvalue weighted by molar-refractivity contribution is -0.185. The van der Waals surface area contributed by atoms with Crippen LogP contribution in [0.3, 0.4) is 0 Å². The van der Waals surface area contributed by atoms with Gasteiger partial charge in [0, 0.05) is 0 Å². The summed E-state index contributed by atoms with van der Waals surface area (Å²) in [4.78, 5) is 0. The van der Waals surface area contributed by atoms with Crippen molar-refractivity contribution < 1.29 is 26.7 Å². The second-order valence-electron chi connectivity index (χ2n) is 5.80. The summed E-state index contributed by atoms with van der Waals surface area (Å²) in [6.07, 6.45) is -4.19. The standard InChI is InChI=1S/C19H19F5O/c1-2-3-4-5-14-6-12-17(13-7-14)25-19(23,24)16-10-8-15(9-11-16)18(20,21)22/h6-13H,2-5H2,1H3. The first-order valence-electron chi connectivity index (χ1n) is 8.06. The van der Waals surface area contributed by atoms with Crippen molar-refractivity contribution in [1.82, 2.24) is 0 Å². The molecule has 0 bridgehead atoms. The molecule has 0 unspecified atom stereocenters. The van der Waals surface area contributed by atoms with Gasteiger partial charge in [-0.3, -0.25) is 0 Å². The molecular weight excluding hydrogens is 339 g/mol. The molecule has 1 nitrogen and oxygen atoms in total. The van der Waals surface area contributed by atoms with Gasteiger partial charge >= 0.3 is 12.3 Å². The Balaban J connectivity index is 2.05. The summed E-state index contributed by atoms with van der Waals surface area (Å²) in [5.74, 6) is -0.0378. The summed E-state index contributed by atoms with van der Waals surface area (Å²) < 4.78 is 70.4.